The average molecular weight is 290 g/mol. The van der Waals surface area contributed by atoms with Crippen LogP contribution in [-0.4, -0.2) is 55.0 Å². The third-order valence-corrected chi connectivity index (χ3v) is 4.40. The first kappa shape index (κ1) is 15.8. The zero-order chi connectivity index (χ0) is 15.6. The Hall–Kier alpha value is -1.59. The highest BCUT2D eigenvalue weighted by Gasteiger charge is 2.26. The second-order valence-corrected chi connectivity index (χ2v) is 6.01. The number of likely N-dealkylation sites (N-methyl/N-ethyl adjacent to an activating group) is 1. The van der Waals surface area contributed by atoms with Gasteiger partial charge in [-0.3, -0.25) is 15.2 Å². The van der Waals surface area contributed by atoms with Gasteiger partial charge in [0.25, 0.3) is 0 Å². The summed E-state index contributed by atoms with van der Waals surface area (Å²) in [6.07, 6.45) is 0. The van der Waals surface area contributed by atoms with Crippen molar-refractivity contribution >= 4 is 5.84 Å². The first-order chi connectivity index (χ1) is 9.92. The molecule has 2 unspecified atom stereocenters. The maximum Gasteiger partial charge on any atom is 0.129 e. The molecule has 5 heteroatoms. The predicted molar refractivity (Wildman–Crippen MR) is 86.0 cm³/mol. The fourth-order valence-electron chi connectivity index (χ4n) is 2.97. The largest absolute Gasteiger partial charge is 0.496 e. The molecule has 2 atom stereocenters. The van der Waals surface area contributed by atoms with Crippen LogP contribution in [0.25, 0.3) is 0 Å². The number of ether oxygens (including phenoxy) is 1. The van der Waals surface area contributed by atoms with Crippen LogP contribution in [0.1, 0.15) is 25.0 Å². The number of amidine groups is 1. The number of hydrogen-bond acceptors (Lipinski definition) is 4. The van der Waals surface area contributed by atoms with Crippen LogP contribution in [0.15, 0.2) is 18.2 Å². The summed E-state index contributed by atoms with van der Waals surface area (Å²) in [5.41, 5.74) is 7.48. The van der Waals surface area contributed by atoms with Crippen LogP contribution >= 0.6 is 0 Å². The van der Waals surface area contributed by atoms with Crippen LogP contribution in [0.5, 0.6) is 5.75 Å². The summed E-state index contributed by atoms with van der Waals surface area (Å²) in [5, 5.41) is 7.66. The van der Waals surface area contributed by atoms with Crippen LogP contribution in [-0.2, 0) is 6.54 Å². The van der Waals surface area contributed by atoms with Gasteiger partial charge in [-0.05, 0) is 38.6 Å². The molecule has 1 aliphatic heterocycles. The molecule has 1 heterocycles. The lowest BCUT2D eigenvalue weighted by Gasteiger charge is -2.42. The maximum absolute atomic E-state index is 7.66. The summed E-state index contributed by atoms with van der Waals surface area (Å²) >= 11 is 0. The highest BCUT2D eigenvalue weighted by molar-refractivity contribution is 5.97. The summed E-state index contributed by atoms with van der Waals surface area (Å²) in [4.78, 5) is 4.88. The molecule has 116 valence electrons. The van der Waals surface area contributed by atoms with E-state index >= 15 is 0 Å². The smallest absolute Gasteiger partial charge is 0.129 e. The molecule has 3 N–H and O–H groups in total. The lowest BCUT2D eigenvalue weighted by molar-refractivity contribution is 0.0556. The first-order valence-corrected chi connectivity index (χ1v) is 7.38. The van der Waals surface area contributed by atoms with Gasteiger partial charge < -0.3 is 10.5 Å². The Morgan fingerprint density at radius 1 is 1.33 bits per heavy atom. The number of nitrogen functional groups attached to an aromatic ring is 1. The van der Waals surface area contributed by atoms with E-state index in [1.165, 1.54) is 5.56 Å². The van der Waals surface area contributed by atoms with Crippen molar-refractivity contribution in [1.29, 1.82) is 5.41 Å². The first-order valence-electron chi connectivity index (χ1n) is 7.38. The molecule has 5 nitrogen and oxygen atoms in total. The Kier molecular flexibility index (Phi) is 4.85. The molecule has 0 amide bonds. The van der Waals surface area contributed by atoms with Gasteiger partial charge in [0.1, 0.15) is 11.6 Å². The summed E-state index contributed by atoms with van der Waals surface area (Å²) in [7, 11) is 3.79. The van der Waals surface area contributed by atoms with E-state index in [1.54, 1.807) is 7.11 Å². The van der Waals surface area contributed by atoms with Crippen molar-refractivity contribution in [3.05, 3.63) is 29.3 Å². The molecule has 1 aromatic rings. The van der Waals surface area contributed by atoms with Gasteiger partial charge >= 0.3 is 0 Å². The molecule has 1 fully saturated rings. The fraction of sp³-hybridized carbons (Fsp3) is 0.562. The summed E-state index contributed by atoms with van der Waals surface area (Å²) < 4.78 is 5.26. The van der Waals surface area contributed by atoms with Gasteiger partial charge in [0, 0.05) is 31.7 Å². The Labute approximate surface area is 127 Å². The number of piperazine rings is 1. The van der Waals surface area contributed by atoms with Gasteiger partial charge in [-0.2, -0.15) is 0 Å². The van der Waals surface area contributed by atoms with E-state index < -0.39 is 0 Å². The predicted octanol–water partition coefficient (Wildman–Crippen LogP) is 1.50. The van der Waals surface area contributed by atoms with Crippen LogP contribution < -0.4 is 10.5 Å². The Balaban J connectivity index is 2.13. The quantitative estimate of drug-likeness (QED) is 0.651. The van der Waals surface area contributed by atoms with E-state index in [-0.39, 0.29) is 5.84 Å². The molecule has 21 heavy (non-hydrogen) atoms. The Bertz CT molecular complexity index is 505. The number of nitrogens with one attached hydrogen (secondary N) is 1. The van der Waals surface area contributed by atoms with E-state index in [4.69, 9.17) is 15.9 Å². The highest BCUT2D eigenvalue weighted by Crippen LogP contribution is 2.22. The van der Waals surface area contributed by atoms with Crippen LogP contribution in [0, 0.1) is 5.41 Å². The Morgan fingerprint density at radius 2 is 1.95 bits per heavy atom. The number of nitrogens with zero attached hydrogens (tertiary/aromatic N) is 2. The van der Waals surface area contributed by atoms with Crippen molar-refractivity contribution in [3.8, 4) is 5.75 Å². The van der Waals surface area contributed by atoms with Crippen LogP contribution in [0.3, 0.4) is 0 Å². The number of rotatable bonds is 4. The number of methoxy groups -OCH3 is 1. The second kappa shape index (κ2) is 6.45. The molecule has 0 radical (unpaired) electrons. The minimum absolute atomic E-state index is 0.0498. The van der Waals surface area contributed by atoms with E-state index in [0.717, 1.165) is 19.6 Å². The number of benzene rings is 1. The minimum Gasteiger partial charge on any atom is -0.496 e. The standard InChI is InChI=1S/C16H26N4O/c1-11-8-20(9-12(2)19(11)3)10-13-5-6-15(21-4)14(7-13)16(17)18/h5-7,11-12H,8-10H2,1-4H3,(H3,17,18). The third kappa shape index (κ3) is 3.54. The molecule has 0 aromatic heterocycles. The molecule has 2 rings (SSSR count). The molecule has 0 bridgehead atoms. The van der Waals surface area contributed by atoms with Crippen molar-refractivity contribution in [2.75, 3.05) is 27.2 Å². The normalized spacial score (nSPS) is 24.0. The summed E-state index contributed by atoms with van der Waals surface area (Å²) in [6.45, 7) is 7.52. The van der Waals surface area contributed by atoms with Crippen molar-refractivity contribution in [1.82, 2.24) is 9.80 Å². The molecule has 0 spiro atoms. The van der Waals surface area contributed by atoms with Crippen LogP contribution in [0.2, 0.25) is 0 Å². The van der Waals surface area contributed by atoms with Gasteiger partial charge in [0.05, 0.1) is 12.7 Å². The zero-order valence-corrected chi connectivity index (χ0v) is 13.4. The molecular formula is C16H26N4O. The van der Waals surface area contributed by atoms with Gasteiger partial charge in [0.15, 0.2) is 0 Å². The lowest BCUT2D eigenvalue weighted by Crippen LogP contribution is -2.54. The van der Waals surface area contributed by atoms with E-state index in [2.05, 4.69) is 36.8 Å². The summed E-state index contributed by atoms with van der Waals surface area (Å²) in [6, 6.07) is 7.03. The van der Waals surface area contributed by atoms with Gasteiger partial charge in [-0.25, -0.2) is 0 Å². The van der Waals surface area contributed by atoms with Crippen molar-refractivity contribution in [2.45, 2.75) is 32.5 Å². The van der Waals surface area contributed by atoms with Crippen LogP contribution in [0.4, 0.5) is 0 Å². The number of nitrogens with two attached hydrogens (primary N) is 1. The van der Waals surface area contributed by atoms with E-state index in [1.807, 2.05) is 12.1 Å². The maximum atomic E-state index is 7.66. The second-order valence-electron chi connectivity index (χ2n) is 6.01. The third-order valence-electron chi connectivity index (χ3n) is 4.40. The lowest BCUT2D eigenvalue weighted by atomic mass is 10.1. The zero-order valence-electron chi connectivity index (χ0n) is 13.4. The van der Waals surface area contributed by atoms with E-state index in [9.17, 15) is 0 Å². The van der Waals surface area contributed by atoms with E-state index in [0.29, 0.717) is 23.4 Å². The number of hydrogen-bond donors (Lipinski definition) is 2. The minimum atomic E-state index is 0.0498. The average Bonchev–Trinajstić information content (AvgIpc) is 2.44. The van der Waals surface area contributed by atoms with Crippen molar-refractivity contribution in [3.63, 3.8) is 0 Å². The van der Waals surface area contributed by atoms with Gasteiger partial charge in [-0.1, -0.05) is 6.07 Å². The topological polar surface area (TPSA) is 65.6 Å². The van der Waals surface area contributed by atoms with Crippen molar-refractivity contribution in [2.24, 2.45) is 5.73 Å². The molecule has 1 aliphatic rings. The SMILES string of the molecule is COc1ccc(CN2CC(C)N(C)C(C)C2)cc1C(=N)N. The summed E-state index contributed by atoms with van der Waals surface area (Å²) in [5.74, 6) is 0.708. The Morgan fingerprint density at radius 3 is 2.48 bits per heavy atom. The van der Waals surface area contributed by atoms with Crippen molar-refractivity contribution < 1.29 is 4.74 Å². The molecule has 1 aromatic carbocycles. The van der Waals surface area contributed by atoms with Gasteiger partial charge in [0.2, 0.25) is 0 Å². The highest BCUT2D eigenvalue weighted by atomic mass is 16.5. The van der Waals surface area contributed by atoms with Gasteiger partial charge in [-0.15, -0.1) is 0 Å². The molecule has 0 aliphatic carbocycles. The monoisotopic (exact) mass is 290 g/mol. The molecular weight excluding hydrogens is 264 g/mol. The molecule has 0 saturated carbocycles. The fourth-order valence-corrected chi connectivity index (χ4v) is 2.97. The molecule has 1 saturated heterocycles.